The van der Waals surface area contributed by atoms with Crippen molar-refractivity contribution in [2.45, 2.75) is 18.9 Å². The number of nitrogens with zero attached hydrogens (tertiary/aromatic N) is 1. The third-order valence-electron chi connectivity index (χ3n) is 3.41. The molecule has 0 saturated heterocycles. The molecule has 1 aliphatic rings. The molecule has 0 atom stereocenters. The lowest BCUT2D eigenvalue weighted by atomic mass is 10.3. The summed E-state index contributed by atoms with van der Waals surface area (Å²) in [6.45, 7) is 0. The first kappa shape index (κ1) is 14.5. The number of halogens is 2. The second kappa shape index (κ2) is 5.73. The lowest BCUT2D eigenvalue weighted by Gasteiger charge is -2.11. The molecule has 1 fully saturated rings. The van der Waals surface area contributed by atoms with E-state index in [1.165, 1.54) is 0 Å². The molecule has 0 unspecified atom stereocenters. The van der Waals surface area contributed by atoms with E-state index >= 15 is 0 Å². The van der Waals surface area contributed by atoms with E-state index in [-0.39, 0.29) is 5.91 Å². The molecule has 0 spiro atoms. The normalized spacial score (nSPS) is 14.0. The van der Waals surface area contributed by atoms with Crippen molar-refractivity contribution in [1.29, 1.82) is 0 Å². The molecule has 4 nitrogen and oxygen atoms in total. The van der Waals surface area contributed by atoms with Crippen LogP contribution in [0.3, 0.4) is 0 Å². The molecule has 21 heavy (non-hydrogen) atoms. The van der Waals surface area contributed by atoms with Crippen molar-refractivity contribution in [1.82, 2.24) is 4.57 Å². The second-order valence-electron chi connectivity index (χ2n) is 4.98. The maximum absolute atomic E-state index is 12.5. The van der Waals surface area contributed by atoms with E-state index in [2.05, 4.69) is 21.2 Å². The largest absolute Gasteiger partial charge is 0.497 e. The Balaban J connectivity index is 1.86. The Labute approximate surface area is 136 Å². The zero-order chi connectivity index (χ0) is 15.0. The van der Waals surface area contributed by atoms with E-state index in [0.29, 0.717) is 28.2 Å². The van der Waals surface area contributed by atoms with E-state index < -0.39 is 0 Å². The van der Waals surface area contributed by atoms with E-state index in [0.717, 1.165) is 17.3 Å². The number of hydrogen-bond donors (Lipinski definition) is 1. The number of anilines is 1. The highest BCUT2D eigenvalue weighted by molar-refractivity contribution is 9.10. The summed E-state index contributed by atoms with van der Waals surface area (Å²) in [5.41, 5.74) is 1.17. The SMILES string of the molecule is COc1ccc(Cl)c(NC(=O)c2cc(Br)cn2C2CC2)c1. The minimum Gasteiger partial charge on any atom is -0.497 e. The quantitative estimate of drug-likeness (QED) is 0.862. The van der Waals surface area contributed by atoms with Gasteiger partial charge in [0.15, 0.2) is 0 Å². The first-order valence-electron chi connectivity index (χ1n) is 6.61. The highest BCUT2D eigenvalue weighted by Crippen LogP contribution is 2.38. The molecule has 1 aromatic heterocycles. The van der Waals surface area contributed by atoms with Gasteiger partial charge in [-0.05, 0) is 47.0 Å². The lowest BCUT2D eigenvalue weighted by molar-refractivity contribution is 0.101. The van der Waals surface area contributed by atoms with Gasteiger partial charge in [-0.3, -0.25) is 4.79 Å². The Hall–Kier alpha value is -1.46. The molecule has 1 aliphatic carbocycles. The number of hydrogen-bond acceptors (Lipinski definition) is 2. The fourth-order valence-corrected chi connectivity index (χ4v) is 2.80. The number of benzene rings is 1. The molecule has 0 aliphatic heterocycles. The average Bonchev–Trinajstić information content (AvgIpc) is 3.23. The van der Waals surface area contributed by atoms with Crippen LogP contribution in [0.25, 0.3) is 0 Å². The molecular weight excluding hydrogens is 356 g/mol. The Morgan fingerprint density at radius 3 is 2.86 bits per heavy atom. The van der Waals surface area contributed by atoms with Gasteiger partial charge >= 0.3 is 0 Å². The van der Waals surface area contributed by atoms with Crippen LogP contribution in [0.15, 0.2) is 34.9 Å². The van der Waals surface area contributed by atoms with Gasteiger partial charge in [-0.1, -0.05) is 11.6 Å². The number of ether oxygens (including phenoxy) is 1. The lowest BCUT2D eigenvalue weighted by Crippen LogP contribution is -2.16. The van der Waals surface area contributed by atoms with Gasteiger partial charge in [0.25, 0.3) is 5.91 Å². The summed E-state index contributed by atoms with van der Waals surface area (Å²) in [5.74, 6) is 0.469. The first-order chi connectivity index (χ1) is 10.1. The minimum absolute atomic E-state index is 0.178. The van der Waals surface area contributed by atoms with Crippen LogP contribution in [0.5, 0.6) is 5.75 Å². The summed E-state index contributed by atoms with van der Waals surface area (Å²) in [4.78, 5) is 12.5. The Kier molecular flexibility index (Phi) is 3.95. The van der Waals surface area contributed by atoms with Gasteiger partial charge in [-0.15, -0.1) is 0 Å². The molecule has 3 rings (SSSR count). The molecular formula is C15H14BrClN2O2. The average molecular weight is 370 g/mol. The topological polar surface area (TPSA) is 43.3 Å². The zero-order valence-corrected chi connectivity index (χ0v) is 13.7. The first-order valence-corrected chi connectivity index (χ1v) is 7.78. The molecule has 1 amide bonds. The van der Waals surface area contributed by atoms with Gasteiger partial charge in [0, 0.05) is 22.8 Å². The summed E-state index contributed by atoms with van der Waals surface area (Å²) >= 11 is 9.54. The van der Waals surface area contributed by atoms with Crippen molar-refractivity contribution in [3.63, 3.8) is 0 Å². The van der Waals surface area contributed by atoms with Crippen molar-refractivity contribution in [3.05, 3.63) is 45.7 Å². The second-order valence-corrected chi connectivity index (χ2v) is 6.30. The van der Waals surface area contributed by atoms with Gasteiger partial charge in [-0.25, -0.2) is 0 Å². The Morgan fingerprint density at radius 1 is 1.43 bits per heavy atom. The summed E-state index contributed by atoms with van der Waals surface area (Å²) in [7, 11) is 1.57. The van der Waals surface area contributed by atoms with Crippen LogP contribution in [0.1, 0.15) is 29.4 Å². The highest BCUT2D eigenvalue weighted by Gasteiger charge is 2.28. The van der Waals surface area contributed by atoms with E-state index in [1.54, 1.807) is 25.3 Å². The van der Waals surface area contributed by atoms with Crippen LogP contribution >= 0.6 is 27.5 Å². The number of aromatic nitrogens is 1. The molecule has 6 heteroatoms. The van der Waals surface area contributed by atoms with Gasteiger partial charge in [-0.2, -0.15) is 0 Å². The Bertz CT molecular complexity index is 695. The monoisotopic (exact) mass is 368 g/mol. The fourth-order valence-electron chi connectivity index (χ4n) is 2.20. The standard InChI is InChI=1S/C15H14BrClN2O2/c1-21-11-4-5-12(17)13(7-11)18-15(20)14-6-9(16)8-19(14)10-2-3-10/h4-8,10H,2-3H2,1H3,(H,18,20). The van der Waals surface area contributed by atoms with Crippen LogP contribution in [0.2, 0.25) is 5.02 Å². The van der Waals surface area contributed by atoms with Crippen LogP contribution < -0.4 is 10.1 Å². The smallest absolute Gasteiger partial charge is 0.272 e. The number of methoxy groups -OCH3 is 1. The van der Waals surface area contributed by atoms with Crippen molar-refractivity contribution in [2.24, 2.45) is 0 Å². The molecule has 1 N–H and O–H groups in total. The number of carbonyl (C=O) groups excluding carboxylic acids is 1. The zero-order valence-electron chi connectivity index (χ0n) is 11.4. The van der Waals surface area contributed by atoms with Crippen LogP contribution in [-0.2, 0) is 0 Å². The van der Waals surface area contributed by atoms with Crippen molar-refractivity contribution in [3.8, 4) is 5.75 Å². The maximum atomic E-state index is 12.5. The van der Waals surface area contributed by atoms with E-state index in [1.807, 2.05) is 16.8 Å². The number of carbonyl (C=O) groups is 1. The molecule has 110 valence electrons. The van der Waals surface area contributed by atoms with Crippen molar-refractivity contribution in [2.75, 3.05) is 12.4 Å². The predicted octanol–water partition coefficient (Wildman–Crippen LogP) is 4.50. The molecule has 1 aromatic carbocycles. The molecule has 1 saturated carbocycles. The fraction of sp³-hybridized carbons (Fsp3) is 0.267. The molecule has 2 aromatic rings. The summed E-state index contributed by atoms with van der Waals surface area (Å²) in [6.07, 6.45) is 4.17. The predicted molar refractivity (Wildman–Crippen MR) is 86.4 cm³/mol. The van der Waals surface area contributed by atoms with Gasteiger partial charge < -0.3 is 14.6 Å². The van der Waals surface area contributed by atoms with Crippen molar-refractivity contribution < 1.29 is 9.53 Å². The molecule has 1 heterocycles. The van der Waals surface area contributed by atoms with Crippen molar-refractivity contribution >= 4 is 39.1 Å². The molecule has 0 bridgehead atoms. The molecule has 0 radical (unpaired) electrons. The summed E-state index contributed by atoms with van der Waals surface area (Å²) in [6, 6.07) is 7.41. The van der Waals surface area contributed by atoms with Crippen LogP contribution in [0, 0.1) is 0 Å². The number of nitrogens with one attached hydrogen (secondary N) is 1. The third kappa shape index (κ3) is 3.09. The minimum atomic E-state index is -0.178. The highest BCUT2D eigenvalue weighted by atomic mass is 79.9. The van der Waals surface area contributed by atoms with Gasteiger partial charge in [0.1, 0.15) is 11.4 Å². The van der Waals surface area contributed by atoms with Gasteiger partial charge in [0.2, 0.25) is 0 Å². The van der Waals surface area contributed by atoms with Crippen LogP contribution in [0.4, 0.5) is 5.69 Å². The summed E-state index contributed by atoms with van der Waals surface area (Å²) in [5, 5.41) is 3.32. The third-order valence-corrected chi connectivity index (χ3v) is 4.17. The van der Waals surface area contributed by atoms with E-state index in [9.17, 15) is 4.79 Å². The van der Waals surface area contributed by atoms with Gasteiger partial charge in [0.05, 0.1) is 17.8 Å². The summed E-state index contributed by atoms with van der Waals surface area (Å²) < 4.78 is 8.06. The van der Waals surface area contributed by atoms with E-state index in [4.69, 9.17) is 16.3 Å². The van der Waals surface area contributed by atoms with Crippen LogP contribution in [-0.4, -0.2) is 17.6 Å². The number of rotatable bonds is 4. The number of amides is 1. The maximum Gasteiger partial charge on any atom is 0.272 e. The Morgan fingerprint density at radius 2 is 2.19 bits per heavy atom.